The first-order chi connectivity index (χ1) is 15.5. The van der Waals surface area contributed by atoms with Crippen molar-refractivity contribution in [3.05, 3.63) is 83.0 Å². The van der Waals surface area contributed by atoms with Gasteiger partial charge in [0, 0.05) is 44.9 Å². The van der Waals surface area contributed by atoms with Crippen molar-refractivity contribution in [2.75, 3.05) is 19.5 Å². The SMILES string of the molecule is COc1cccc(NC(=O)/C=C(\C)c2cc3c(-c4cccc(Br)c4)coc3cc2OC)c1. The van der Waals surface area contributed by atoms with Crippen LogP contribution in [0.1, 0.15) is 12.5 Å². The number of hydrogen-bond donors (Lipinski definition) is 1. The van der Waals surface area contributed by atoms with Crippen LogP contribution in [0.2, 0.25) is 0 Å². The molecule has 0 aliphatic heterocycles. The van der Waals surface area contributed by atoms with Crippen LogP contribution < -0.4 is 14.8 Å². The predicted molar refractivity (Wildman–Crippen MR) is 131 cm³/mol. The Hall–Kier alpha value is -3.51. The summed E-state index contributed by atoms with van der Waals surface area (Å²) in [5, 5.41) is 3.81. The number of fused-ring (bicyclic) bond motifs is 1. The monoisotopic (exact) mass is 491 g/mol. The number of halogens is 1. The van der Waals surface area contributed by atoms with Crippen LogP contribution >= 0.6 is 15.9 Å². The summed E-state index contributed by atoms with van der Waals surface area (Å²) in [4.78, 5) is 12.6. The Morgan fingerprint density at radius 2 is 1.84 bits per heavy atom. The van der Waals surface area contributed by atoms with E-state index in [1.165, 1.54) is 0 Å². The fraction of sp³-hybridized carbons (Fsp3) is 0.115. The second-order valence-corrected chi connectivity index (χ2v) is 8.17. The van der Waals surface area contributed by atoms with E-state index in [1.807, 2.05) is 61.5 Å². The maximum absolute atomic E-state index is 12.6. The van der Waals surface area contributed by atoms with E-state index >= 15 is 0 Å². The molecule has 0 aliphatic carbocycles. The van der Waals surface area contributed by atoms with E-state index < -0.39 is 0 Å². The molecular weight excluding hydrogens is 470 g/mol. The Kier molecular flexibility index (Phi) is 6.32. The highest BCUT2D eigenvalue weighted by molar-refractivity contribution is 9.10. The van der Waals surface area contributed by atoms with Crippen LogP contribution in [-0.2, 0) is 4.79 Å². The van der Waals surface area contributed by atoms with Crippen molar-refractivity contribution in [3.63, 3.8) is 0 Å². The van der Waals surface area contributed by atoms with Crippen LogP contribution in [0.25, 0.3) is 27.7 Å². The van der Waals surface area contributed by atoms with E-state index in [0.717, 1.165) is 32.1 Å². The summed E-state index contributed by atoms with van der Waals surface area (Å²) in [7, 11) is 3.19. The molecule has 0 unspecified atom stereocenters. The fourth-order valence-corrected chi connectivity index (χ4v) is 3.96. The standard InChI is InChI=1S/C26H22BrNO4/c1-16(10-26(29)28-19-8-5-9-20(12-19)30-2)21-13-22-23(17-6-4-7-18(27)11-17)15-32-25(22)14-24(21)31-3/h4-15H,1-3H3,(H,28,29)/b16-10+. The first-order valence-electron chi connectivity index (χ1n) is 9.97. The zero-order valence-electron chi connectivity index (χ0n) is 17.9. The number of nitrogens with one attached hydrogen (secondary N) is 1. The lowest BCUT2D eigenvalue weighted by atomic mass is 9.99. The zero-order chi connectivity index (χ0) is 22.7. The van der Waals surface area contributed by atoms with Crippen molar-refractivity contribution in [1.29, 1.82) is 0 Å². The summed E-state index contributed by atoms with van der Waals surface area (Å²) in [6, 6.07) is 19.1. The minimum atomic E-state index is -0.239. The second-order valence-electron chi connectivity index (χ2n) is 7.26. The number of anilines is 1. The maximum Gasteiger partial charge on any atom is 0.248 e. The van der Waals surface area contributed by atoms with Gasteiger partial charge in [-0.3, -0.25) is 4.79 Å². The van der Waals surface area contributed by atoms with Crippen molar-refractivity contribution in [3.8, 4) is 22.6 Å². The Morgan fingerprint density at radius 1 is 1.03 bits per heavy atom. The van der Waals surface area contributed by atoms with Crippen molar-refractivity contribution in [2.24, 2.45) is 0 Å². The summed E-state index contributed by atoms with van der Waals surface area (Å²) >= 11 is 3.52. The molecule has 6 heteroatoms. The molecule has 0 atom stereocenters. The van der Waals surface area contributed by atoms with Crippen LogP contribution in [0.3, 0.4) is 0 Å². The van der Waals surface area contributed by atoms with Crippen molar-refractivity contribution in [1.82, 2.24) is 0 Å². The molecule has 0 bridgehead atoms. The summed E-state index contributed by atoms with van der Waals surface area (Å²) < 4.78 is 17.6. The van der Waals surface area contributed by atoms with E-state index in [2.05, 4.69) is 21.2 Å². The van der Waals surface area contributed by atoms with E-state index in [-0.39, 0.29) is 5.91 Å². The van der Waals surface area contributed by atoms with Gasteiger partial charge in [0.05, 0.1) is 20.5 Å². The van der Waals surface area contributed by atoms with Gasteiger partial charge in [-0.15, -0.1) is 0 Å². The van der Waals surface area contributed by atoms with Crippen LogP contribution in [-0.4, -0.2) is 20.1 Å². The predicted octanol–water partition coefficient (Wildman–Crippen LogP) is 6.92. The number of rotatable bonds is 6. The van der Waals surface area contributed by atoms with Gasteiger partial charge in [0.1, 0.15) is 17.1 Å². The molecule has 1 heterocycles. The third kappa shape index (κ3) is 4.55. The molecule has 1 N–H and O–H groups in total. The average Bonchev–Trinajstić information content (AvgIpc) is 3.21. The quantitative estimate of drug-likeness (QED) is 0.297. The molecule has 0 spiro atoms. The van der Waals surface area contributed by atoms with Gasteiger partial charge < -0.3 is 19.2 Å². The zero-order valence-corrected chi connectivity index (χ0v) is 19.5. The molecule has 5 nitrogen and oxygen atoms in total. The lowest BCUT2D eigenvalue weighted by molar-refractivity contribution is -0.111. The number of amides is 1. The number of ether oxygens (including phenoxy) is 2. The number of benzene rings is 3. The third-order valence-corrected chi connectivity index (χ3v) is 5.63. The smallest absolute Gasteiger partial charge is 0.248 e. The fourth-order valence-electron chi connectivity index (χ4n) is 3.57. The summed E-state index contributed by atoms with van der Waals surface area (Å²) in [6.07, 6.45) is 3.30. The van der Waals surface area contributed by atoms with Crippen molar-refractivity contribution < 1.29 is 18.7 Å². The van der Waals surface area contributed by atoms with Crippen molar-refractivity contribution in [2.45, 2.75) is 6.92 Å². The molecule has 0 saturated carbocycles. The lowest BCUT2D eigenvalue weighted by Crippen LogP contribution is -2.08. The van der Waals surface area contributed by atoms with Crippen LogP contribution in [0, 0.1) is 0 Å². The second kappa shape index (κ2) is 9.32. The Labute approximate surface area is 194 Å². The molecule has 32 heavy (non-hydrogen) atoms. The number of furan rings is 1. The largest absolute Gasteiger partial charge is 0.497 e. The van der Waals surface area contributed by atoms with Gasteiger partial charge in [0.15, 0.2) is 0 Å². The summed E-state index contributed by atoms with van der Waals surface area (Å²) in [6.45, 7) is 1.88. The van der Waals surface area contributed by atoms with Gasteiger partial charge in [-0.25, -0.2) is 0 Å². The van der Waals surface area contributed by atoms with Gasteiger partial charge in [-0.1, -0.05) is 34.1 Å². The summed E-state index contributed by atoms with van der Waals surface area (Å²) in [5.74, 6) is 1.07. The van der Waals surface area contributed by atoms with Gasteiger partial charge in [0.2, 0.25) is 5.91 Å². The Morgan fingerprint density at radius 3 is 2.59 bits per heavy atom. The number of hydrogen-bond acceptors (Lipinski definition) is 4. The normalized spacial score (nSPS) is 11.4. The first kappa shape index (κ1) is 21.7. The molecule has 0 saturated heterocycles. The van der Waals surface area contributed by atoms with E-state index in [1.54, 1.807) is 32.6 Å². The van der Waals surface area contributed by atoms with E-state index in [0.29, 0.717) is 22.8 Å². The average molecular weight is 492 g/mol. The third-order valence-electron chi connectivity index (χ3n) is 5.14. The van der Waals surface area contributed by atoms with E-state index in [4.69, 9.17) is 13.9 Å². The molecule has 0 radical (unpaired) electrons. The Bertz CT molecular complexity index is 1320. The van der Waals surface area contributed by atoms with Gasteiger partial charge >= 0.3 is 0 Å². The number of methoxy groups -OCH3 is 2. The van der Waals surface area contributed by atoms with Gasteiger partial charge in [0.25, 0.3) is 0 Å². The molecule has 0 fully saturated rings. The maximum atomic E-state index is 12.6. The van der Waals surface area contributed by atoms with Crippen molar-refractivity contribution >= 4 is 44.1 Å². The minimum Gasteiger partial charge on any atom is -0.497 e. The van der Waals surface area contributed by atoms with Crippen LogP contribution in [0.15, 0.2) is 81.9 Å². The molecular formula is C26H22BrNO4. The number of allylic oxidation sites excluding steroid dienone is 1. The highest BCUT2D eigenvalue weighted by Gasteiger charge is 2.15. The molecule has 0 aliphatic rings. The molecule has 162 valence electrons. The lowest BCUT2D eigenvalue weighted by Gasteiger charge is -2.10. The molecule has 1 amide bonds. The topological polar surface area (TPSA) is 60.7 Å². The highest BCUT2D eigenvalue weighted by atomic mass is 79.9. The van der Waals surface area contributed by atoms with Gasteiger partial charge in [-0.05, 0) is 48.4 Å². The number of carbonyl (C=O) groups excluding carboxylic acids is 1. The highest BCUT2D eigenvalue weighted by Crippen LogP contribution is 2.38. The summed E-state index contributed by atoms with van der Waals surface area (Å²) in [5.41, 5.74) is 4.97. The molecule has 3 aromatic carbocycles. The minimum absolute atomic E-state index is 0.239. The van der Waals surface area contributed by atoms with E-state index in [9.17, 15) is 4.79 Å². The van der Waals surface area contributed by atoms with Crippen LogP contribution in [0.4, 0.5) is 5.69 Å². The molecule has 4 aromatic rings. The van der Waals surface area contributed by atoms with Gasteiger partial charge in [-0.2, -0.15) is 0 Å². The van der Waals surface area contributed by atoms with Crippen LogP contribution in [0.5, 0.6) is 11.5 Å². The Balaban J connectivity index is 1.70. The molecule has 1 aromatic heterocycles. The first-order valence-corrected chi connectivity index (χ1v) is 10.8. The number of carbonyl (C=O) groups is 1. The molecule has 4 rings (SSSR count).